The molecule has 2 saturated heterocycles. The summed E-state index contributed by atoms with van der Waals surface area (Å²) < 4.78 is 0. The predicted octanol–water partition coefficient (Wildman–Crippen LogP) is -0.818. The first-order valence-corrected chi connectivity index (χ1v) is 6.56. The third kappa shape index (κ3) is 2.61. The van der Waals surface area contributed by atoms with Gasteiger partial charge in [-0.1, -0.05) is 0 Å². The molecule has 0 aromatic rings. The van der Waals surface area contributed by atoms with Crippen molar-refractivity contribution in [1.82, 2.24) is 14.7 Å². The van der Waals surface area contributed by atoms with Crippen LogP contribution in [0.15, 0.2) is 0 Å². The zero-order valence-electron chi connectivity index (χ0n) is 10.9. The molecule has 2 rings (SSSR count). The average Bonchev–Trinajstić information content (AvgIpc) is 2.69. The summed E-state index contributed by atoms with van der Waals surface area (Å²) >= 11 is 0. The van der Waals surface area contributed by atoms with Gasteiger partial charge in [0.1, 0.15) is 0 Å². The van der Waals surface area contributed by atoms with E-state index in [0.717, 1.165) is 39.1 Å². The van der Waals surface area contributed by atoms with Gasteiger partial charge in [-0.2, -0.15) is 0 Å². The molecule has 2 N–H and O–H groups in total. The van der Waals surface area contributed by atoms with Crippen LogP contribution in [-0.2, 0) is 4.79 Å². The Morgan fingerprint density at radius 3 is 2.41 bits per heavy atom. The second-order valence-electron chi connectivity index (χ2n) is 5.22. The molecule has 0 aliphatic carbocycles. The van der Waals surface area contributed by atoms with E-state index in [1.807, 2.05) is 11.9 Å². The lowest BCUT2D eigenvalue weighted by Gasteiger charge is -2.39. The number of carbonyl (C=O) groups excluding carboxylic acids is 1. The third-order valence-electron chi connectivity index (χ3n) is 4.15. The Morgan fingerprint density at radius 2 is 1.94 bits per heavy atom. The highest BCUT2D eigenvalue weighted by Crippen LogP contribution is 2.18. The van der Waals surface area contributed by atoms with Crippen LogP contribution in [0.1, 0.15) is 13.3 Å². The van der Waals surface area contributed by atoms with Crippen LogP contribution in [0.5, 0.6) is 0 Å². The van der Waals surface area contributed by atoms with Crippen LogP contribution in [0.4, 0.5) is 0 Å². The first-order chi connectivity index (χ1) is 8.13. The molecule has 2 atom stereocenters. The second-order valence-corrected chi connectivity index (χ2v) is 5.22. The summed E-state index contributed by atoms with van der Waals surface area (Å²) in [5.41, 5.74) is 5.68. The first-order valence-electron chi connectivity index (χ1n) is 6.56. The van der Waals surface area contributed by atoms with Crippen molar-refractivity contribution in [3.63, 3.8) is 0 Å². The van der Waals surface area contributed by atoms with Gasteiger partial charge >= 0.3 is 0 Å². The molecule has 2 unspecified atom stereocenters. The molecule has 2 aliphatic rings. The molecule has 1 amide bonds. The van der Waals surface area contributed by atoms with E-state index in [4.69, 9.17) is 5.73 Å². The molecule has 0 aromatic carbocycles. The fraction of sp³-hybridized carbons (Fsp3) is 0.917. The number of carbonyl (C=O) groups is 1. The quantitative estimate of drug-likeness (QED) is 0.700. The number of likely N-dealkylation sites (tertiary alicyclic amines) is 1. The lowest BCUT2D eigenvalue weighted by Crippen LogP contribution is -2.55. The van der Waals surface area contributed by atoms with E-state index in [-0.39, 0.29) is 6.04 Å². The Hall–Kier alpha value is -0.650. The minimum absolute atomic E-state index is 0.135. The largest absolute Gasteiger partial charge is 0.344 e. The molecule has 2 fully saturated rings. The zero-order chi connectivity index (χ0) is 12.4. The van der Waals surface area contributed by atoms with Gasteiger partial charge in [-0.25, -0.2) is 0 Å². The Balaban J connectivity index is 1.85. The van der Waals surface area contributed by atoms with Gasteiger partial charge in [0.15, 0.2) is 0 Å². The van der Waals surface area contributed by atoms with Crippen LogP contribution < -0.4 is 5.73 Å². The molecule has 0 aromatic heterocycles. The maximum Gasteiger partial charge on any atom is 0.239 e. The van der Waals surface area contributed by atoms with E-state index in [0.29, 0.717) is 18.5 Å². The summed E-state index contributed by atoms with van der Waals surface area (Å²) in [6.07, 6.45) is 0.988. The number of hydrogen-bond acceptors (Lipinski definition) is 4. The van der Waals surface area contributed by atoms with Gasteiger partial charge in [0.2, 0.25) is 5.91 Å². The number of nitrogens with two attached hydrogens (primary N) is 1. The maximum atomic E-state index is 11.9. The van der Waals surface area contributed by atoms with E-state index < -0.39 is 0 Å². The minimum atomic E-state index is 0.135. The summed E-state index contributed by atoms with van der Waals surface area (Å²) in [4.78, 5) is 18.5. The van der Waals surface area contributed by atoms with Crippen LogP contribution in [0.25, 0.3) is 0 Å². The van der Waals surface area contributed by atoms with Gasteiger partial charge < -0.3 is 10.6 Å². The van der Waals surface area contributed by atoms with Crippen LogP contribution in [0, 0.1) is 0 Å². The molecule has 0 bridgehead atoms. The Labute approximate surface area is 104 Å². The summed E-state index contributed by atoms with van der Waals surface area (Å²) in [6, 6.07) is 0.592. The minimum Gasteiger partial charge on any atom is -0.344 e. The number of amides is 1. The van der Waals surface area contributed by atoms with Crippen molar-refractivity contribution in [2.24, 2.45) is 5.73 Å². The first kappa shape index (κ1) is 12.8. The topological polar surface area (TPSA) is 52.8 Å². The third-order valence-corrected chi connectivity index (χ3v) is 4.15. The van der Waals surface area contributed by atoms with Gasteiger partial charge in [0.05, 0.1) is 6.04 Å². The van der Waals surface area contributed by atoms with Crippen LogP contribution in [0.2, 0.25) is 0 Å². The fourth-order valence-corrected chi connectivity index (χ4v) is 2.78. The Morgan fingerprint density at radius 1 is 1.29 bits per heavy atom. The molecule has 2 heterocycles. The van der Waals surface area contributed by atoms with Crippen molar-refractivity contribution in [3.05, 3.63) is 0 Å². The Bertz CT molecular complexity index is 276. The van der Waals surface area contributed by atoms with E-state index in [2.05, 4.69) is 16.7 Å². The van der Waals surface area contributed by atoms with Crippen molar-refractivity contribution in [3.8, 4) is 0 Å². The van der Waals surface area contributed by atoms with Gasteiger partial charge in [-0.15, -0.1) is 0 Å². The standard InChI is InChI=1S/C12H24N4O/c1-10(9-13)15-5-7-16(8-6-15)11-3-4-14(2)12(11)17/h10-11H,3-9,13H2,1-2H3. The van der Waals surface area contributed by atoms with Crippen molar-refractivity contribution in [1.29, 1.82) is 0 Å². The van der Waals surface area contributed by atoms with Crippen molar-refractivity contribution < 1.29 is 4.79 Å². The maximum absolute atomic E-state index is 11.9. The number of hydrogen-bond donors (Lipinski definition) is 1. The summed E-state index contributed by atoms with van der Waals surface area (Å²) in [7, 11) is 1.90. The SMILES string of the molecule is CC(CN)N1CCN(C2CCN(C)C2=O)CC1. The molecule has 0 radical (unpaired) electrons. The highest BCUT2D eigenvalue weighted by Gasteiger charge is 2.35. The molecule has 17 heavy (non-hydrogen) atoms. The van der Waals surface area contributed by atoms with Crippen LogP contribution in [-0.4, -0.2) is 79.0 Å². The van der Waals surface area contributed by atoms with Gasteiger partial charge in [-0.05, 0) is 13.3 Å². The number of nitrogens with zero attached hydrogens (tertiary/aromatic N) is 3. The molecule has 5 heteroatoms. The number of piperazine rings is 1. The highest BCUT2D eigenvalue weighted by atomic mass is 16.2. The number of likely N-dealkylation sites (N-methyl/N-ethyl adjacent to an activating group) is 1. The van der Waals surface area contributed by atoms with Crippen LogP contribution in [0.3, 0.4) is 0 Å². The average molecular weight is 240 g/mol. The van der Waals surface area contributed by atoms with E-state index in [1.165, 1.54) is 0 Å². The summed E-state index contributed by atoms with van der Waals surface area (Å²) in [5, 5.41) is 0. The second kappa shape index (κ2) is 5.33. The molecule has 5 nitrogen and oxygen atoms in total. The molecule has 98 valence electrons. The molecular weight excluding hydrogens is 216 g/mol. The fourth-order valence-electron chi connectivity index (χ4n) is 2.78. The van der Waals surface area contributed by atoms with E-state index in [9.17, 15) is 4.79 Å². The monoisotopic (exact) mass is 240 g/mol. The van der Waals surface area contributed by atoms with Gasteiger partial charge in [0.25, 0.3) is 0 Å². The smallest absolute Gasteiger partial charge is 0.239 e. The van der Waals surface area contributed by atoms with Gasteiger partial charge in [0, 0.05) is 52.4 Å². The van der Waals surface area contributed by atoms with Crippen molar-refractivity contribution in [2.75, 3.05) is 46.3 Å². The van der Waals surface area contributed by atoms with Crippen molar-refractivity contribution >= 4 is 5.91 Å². The number of rotatable bonds is 3. The summed E-state index contributed by atoms with van der Waals surface area (Å²) in [6.45, 7) is 7.85. The molecule has 0 spiro atoms. The molecule has 0 saturated carbocycles. The van der Waals surface area contributed by atoms with Crippen LogP contribution >= 0.6 is 0 Å². The van der Waals surface area contributed by atoms with E-state index >= 15 is 0 Å². The highest BCUT2D eigenvalue weighted by molar-refractivity contribution is 5.83. The Kier molecular flexibility index (Phi) is 4.01. The lowest BCUT2D eigenvalue weighted by molar-refractivity contribution is -0.131. The summed E-state index contributed by atoms with van der Waals surface area (Å²) in [5.74, 6) is 0.297. The normalized spacial score (nSPS) is 29.9. The molecule has 2 aliphatic heterocycles. The predicted molar refractivity (Wildman–Crippen MR) is 67.7 cm³/mol. The lowest BCUT2D eigenvalue weighted by atomic mass is 10.1. The van der Waals surface area contributed by atoms with E-state index in [1.54, 1.807) is 0 Å². The zero-order valence-corrected chi connectivity index (χ0v) is 10.9. The van der Waals surface area contributed by atoms with Crippen molar-refractivity contribution in [2.45, 2.75) is 25.4 Å². The van der Waals surface area contributed by atoms with Gasteiger partial charge in [-0.3, -0.25) is 14.6 Å². The molecular formula is C12H24N4O.